The van der Waals surface area contributed by atoms with Gasteiger partial charge in [0.2, 0.25) is 5.91 Å². The summed E-state index contributed by atoms with van der Waals surface area (Å²) in [6.45, 7) is 8.93. The third-order valence-electron chi connectivity index (χ3n) is 5.71. The van der Waals surface area contributed by atoms with Crippen LogP contribution in [0.5, 0.6) is 0 Å². The second kappa shape index (κ2) is 11.1. The molecule has 2 heterocycles. The summed E-state index contributed by atoms with van der Waals surface area (Å²) in [6.07, 6.45) is -2.57. The van der Waals surface area contributed by atoms with Crippen LogP contribution in [0.4, 0.5) is 17.6 Å². The molecule has 10 heteroatoms. The maximum absolute atomic E-state index is 13.2. The number of piperidine rings is 1. The number of amides is 1. The predicted octanol–water partition coefficient (Wildman–Crippen LogP) is 3.70. The van der Waals surface area contributed by atoms with Crippen LogP contribution < -0.4 is 0 Å². The fourth-order valence-corrected chi connectivity index (χ4v) is 3.93. The van der Waals surface area contributed by atoms with E-state index in [1.807, 2.05) is 17.0 Å². The molecule has 2 aliphatic rings. The van der Waals surface area contributed by atoms with E-state index in [0.29, 0.717) is 12.3 Å². The molecule has 0 radical (unpaired) electrons. The molecule has 0 unspecified atom stereocenters. The molecule has 0 bridgehead atoms. The van der Waals surface area contributed by atoms with Gasteiger partial charge < -0.3 is 14.7 Å². The number of carboxylic acid groups (broad SMARTS) is 1. The van der Waals surface area contributed by atoms with Crippen LogP contribution in [0.25, 0.3) is 0 Å². The van der Waals surface area contributed by atoms with Crippen molar-refractivity contribution in [2.24, 2.45) is 5.92 Å². The van der Waals surface area contributed by atoms with E-state index in [0.717, 1.165) is 57.8 Å². The Kier molecular flexibility index (Phi) is 9.03. The first kappa shape index (κ1) is 26.1. The Morgan fingerprint density at radius 2 is 1.69 bits per heavy atom. The largest absolute Gasteiger partial charge is 0.490 e. The van der Waals surface area contributed by atoms with Crippen LogP contribution in [-0.4, -0.2) is 71.3 Å². The van der Waals surface area contributed by atoms with Gasteiger partial charge in [-0.15, -0.1) is 0 Å². The summed E-state index contributed by atoms with van der Waals surface area (Å²) in [4.78, 5) is 25.7. The van der Waals surface area contributed by atoms with Gasteiger partial charge in [-0.25, -0.2) is 9.18 Å². The summed E-state index contributed by atoms with van der Waals surface area (Å²) >= 11 is 0. The van der Waals surface area contributed by atoms with Crippen LogP contribution in [0.2, 0.25) is 0 Å². The molecular weight excluding hydrogens is 432 g/mol. The highest BCUT2D eigenvalue weighted by Gasteiger charge is 2.43. The summed E-state index contributed by atoms with van der Waals surface area (Å²) < 4.78 is 50.7. The maximum atomic E-state index is 13.2. The van der Waals surface area contributed by atoms with E-state index in [-0.39, 0.29) is 17.3 Å². The number of nitrogens with zero attached hydrogens (tertiary/aromatic N) is 2. The number of alkyl halides is 3. The van der Waals surface area contributed by atoms with Gasteiger partial charge in [-0.2, -0.15) is 13.2 Å². The van der Waals surface area contributed by atoms with Gasteiger partial charge in [0.1, 0.15) is 5.82 Å². The molecular formula is C22H30F4N2O4. The van der Waals surface area contributed by atoms with E-state index in [1.54, 1.807) is 0 Å². The van der Waals surface area contributed by atoms with E-state index < -0.39 is 12.1 Å². The molecule has 1 N–H and O–H groups in total. The second-order valence-electron chi connectivity index (χ2n) is 8.61. The Labute approximate surface area is 185 Å². The Hall–Kier alpha value is -2.20. The number of carbonyl (C=O) groups is 2. The third kappa shape index (κ3) is 7.44. The van der Waals surface area contributed by atoms with E-state index in [9.17, 15) is 22.4 Å². The fraction of sp³-hybridized carbons (Fsp3) is 0.636. The first-order chi connectivity index (χ1) is 14.9. The Balaban J connectivity index is 0.000000451. The molecule has 1 aromatic rings. The molecule has 180 valence electrons. The number of hydrogen-bond acceptors (Lipinski definition) is 4. The van der Waals surface area contributed by atoms with Crippen molar-refractivity contribution in [3.63, 3.8) is 0 Å². The Morgan fingerprint density at radius 3 is 2.19 bits per heavy atom. The lowest BCUT2D eigenvalue weighted by atomic mass is 9.84. The molecule has 2 aliphatic heterocycles. The zero-order valence-corrected chi connectivity index (χ0v) is 18.3. The Bertz CT molecular complexity index is 760. The SMILES string of the molecule is CC(C)CC(=O)N1CCC2(CC1)COCCN2Cc1ccc(F)cc1.O=C(O)C(F)(F)F. The lowest BCUT2D eigenvalue weighted by molar-refractivity contribution is -0.192. The second-order valence-corrected chi connectivity index (χ2v) is 8.61. The maximum Gasteiger partial charge on any atom is 0.490 e. The summed E-state index contributed by atoms with van der Waals surface area (Å²) in [5.41, 5.74) is 1.13. The standard InChI is InChI=1S/C20H29FN2O2.C2HF3O2/c1-16(2)13-19(24)22-9-7-20(8-10-22)15-25-12-11-23(20)14-17-3-5-18(21)6-4-17;3-2(4,5)1(6)7/h3-6,16H,7-15H2,1-2H3;(H,6,7). The molecule has 0 aliphatic carbocycles. The van der Waals surface area contributed by atoms with Crippen molar-refractivity contribution in [1.29, 1.82) is 0 Å². The summed E-state index contributed by atoms with van der Waals surface area (Å²) in [7, 11) is 0. The number of benzene rings is 1. The van der Waals surface area contributed by atoms with Crippen molar-refractivity contribution in [1.82, 2.24) is 9.80 Å². The quantitative estimate of drug-likeness (QED) is 0.691. The number of hydrogen-bond donors (Lipinski definition) is 1. The van der Waals surface area contributed by atoms with Gasteiger partial charge >= 0.3 is 12.1 Å². The van der Waals surface area contributed by atoms with Crippen LogP contribution in [-0.2, 0) is 20.9 Å². The summed E-state index contributed by atoms with van der Waals surface area (Å²) in [6, 6.07) is 6.77. The molecule has 32 heavy (non-hydrogen) atoms. The lowest BCUT2D eigenvalue weighted by Gasteiger charge is -2.51. The topological polar surface area (TPSA) is 70.1 Å². The highest BCUT2D eigenvalue weighted by Crippen LogP contribution is 2.33. The van der Waals surface area contributed by atoms with Crippen LogP contribution in [0.15, 0.2) is 24.3 Å². The van der Waals surface area contributed by atoms with Crippen molar-refractivity contribution in [2.45, 2.75) is 51.4 Å². The van der Waals surface area contributed by atoms with Gasteiger partial charge in [-0.05, 0) is 36.5 Å². The minimum absolute atomic E-state index is 0.00124. The number of aliphatic carboxylic acids is 1. The minimum atomic E-state index is -5.08. The van der Waals surface area contributed by atoms with Gasteiger partial charge in [0.05, 0.1) is 13.2 Å². The van der Waals surface area contributed by atoms with E-state index >= 15 is 0 Å². The molecule has 2 fully saturated rings. The van der Waals surface area contributed by atoms with Gasteiger partial charge in [0, 0.05) is 38.1 Å². The first-order valence-corrected chi connectivity index (χ1v) is 10.6. The van der Waals surface area contributed by atoms with Crippen molar-refractivity contribution in [3.05, 3.63) is 35.6 Å². The lowest BCUT2D eigenvalue weighted by Crippen LogP contribution is -2.61. The first-order valence-electron chi connectivity index (χ1n) is 10.6. The number of carboxylic acids is 1. The third-order valence-corrected chi connectivity index (χ3v) is 5.71. The predicted molar refractivity (Wildman–Crippen MR) is 109 cm³/mol. The molecule has 3 rings (SSSR count). The normalized spacial score (nSPS) is 18.9. The highest BCUT2D eigenvalue weighted by molar-refractivity contribution is 5.76. The summed E-state index contributed by atoms with van der Waals surface area (Å²) in [5, 5.41) is 7.12. The van der Waals surface area contributed by atoms with Crippen molar-refractivity contribution in [2.75, 3.05) is 32.8 Å². The van der Waals surface area contributed by atoms with Crippen LogP contribution >= 0.6 is 0 Å². The number of morpholine rings is 1. The number of halogens is 4. The smallest absolute Gasteiger partial charge is 0.475 e. The van der Waals surface area contributed by atoms with Crippen molar-refractivity contribution in [3.8, 4) is 0 Å². The van der Waals surface area contributed by atoms with Crippen molar-refractivity contribution >= 4 is 11.9 Å². The average Bonchev–Trinajstić information content (AvgIpc) is 2.71. The molecule has 6 nitrogen and oxygen atoms in total. The van der Waals surface area contributed by atoms with E-state index in [4.69, 9.17) is 14.6 Å². The number of rotatable bonds is 4. The van der Waals surface area contributed by atoms with Gasteiger partial charge in [0.25, 0.3) is 0 Å². The van der Waals surface area contributed by atoms with Crippen LogP contribution in [0.1, 0.15) is 38.7 Å². The van der Waals surface area contributed by atoms with E-state index in [1.165, 1.54) is 12.1 Å². The molecule has 1 spiro atoms. The molecule has 0 saturated carbocycles. The average molecular weight is 462 g/mol. The minimum Gasteiger partial charge on any atom is -0.475 e. The fourth-order valence-electron chi connectivity index (χ4n) is 3.93. The van der Waals surface area contributed by atoms with Crippen LogP contribution in [0, 0.1) is 11.7 Å². The number of carbonyl (C=O) groups excluding carboxylic acids is 1. The molecule has 2 saturated heterocycles. The Morgan fingerprint density at radius 1 is 1.12 bits per heavy atom. The van der Waals surface area contributed by atoms with Gasteiger partial charge in [0.15, 0.2) is 0 Å². The zero-order valence-electron chi connectivity index (χ0n) is 18.3. The van der Waals surface area contributed by atoms with Gasteiger partial charge in [-0.1, -0.05) is 26.0 Å². The highest BCUT2D eigenvalue weighted by atomic mass is 19.4. The summed E-state index contributed by atoms with van der Waals surface area (Å²) in [5.74, 6) is -2.28. The zero-order chi connectivity index (χ0) is 23.9. The number of ether oxygens (including phenoxy) is 1. The van der Waals surface area contributed by atoms with Crippen molar-refractivity contribution < 1.29 is 37.0 Å². The molecule has 1 amide bonds. The van der Waals surface area contributed by atoms with Gasteiger partial charge in [-0.3, -0.25) is 9.69 Å². The molecule has 0 aromatic heterocycles. The number of likely N-dealkylation sites (tertiary alicyclic amines) is 1. The van der Waals surface area contributed by atoms with Crippen LogP contribution in [0.3, 0.4) is 0 Å². The van der Waals surface area contributed by atoms with E-state index in [2.05, 4.69) is 18.7 Å². The molecule has 0 atom stereocenters. The molecule has 1 aromatic carbocycles. The monoisotopic (exact) mass is 462 g/mol.